The Morgan fingerprint density at radius 1 is 1.14 bits per heavy atom. The molecule has 2 aromatic heterocycles. The van der Waals surface area contributed by atoms with E-state index in [0.29, 0.717) is 41.9 Å². The monoisotopic (exact) mass is 646 g/mol. The number of hydrogen-bond acceptors (Lipinski definition) is 8. The fourth-order valence-corrected chi connectivity index (χ4v) is 9.36. The summed E-state index contributed by atoms with van der Waals surface area (Å²) < 4.78 is 35.6. The van der Waals surface area contributed by atoms with Crippen LogP contribution in [0, 0.1) is 5.92 Å². The molecule has 3 aromatic rings. The quantitative estimate of drug-likeness (QED) is 0.345. The molecule has 0 spiro atoms. The molecule has 2 saturated heterocycles. The molecule has 0 unspecified atom stereocenters. The second kappa shape index (κ2) is 12.0. The van der Waals surface area contributed by atoms with Crippen LogP contribution in [0.25, 0.3) is 10.2 Å². The number of hydrogen-bond donors (Lipinski definition) is 0. The fourth-order valence-electron chi connectivity index (χ4n) is 4.71. The Balaban J connectivity index is 1.29. The second-order valence-corrected chi connectivity index (χ2v) is 14.9. The number of thiophene rings is 1. The number of carbonyl (C=O) groups is 1. The molecule has 0 atom stereocenters. The number of sulfonamides is 1. The lowest BCUT2D eigenvalue weighted by Gasteiger charge is -2.33. The van der Waals surface area contributed by atoms with Crippen LogP contribution in [-0.4, -0.2) is 81.0 Å². The number of halogens is 2. The van der Waals surface area contributed by atoms with Crippen molar-refractivity contribution in [3.63, 3.8) is 0 Å². The van der Waals surface area contributed by atoms with Crippen molar-refractivity contribution >= 4 is 81.5 Å². The molecule has 1 amide bonds. The Morgan fingerprint density at radius 3 is 2.59 bits per heavy atom. The molecule has 5 rings (SSSR count). The second-order valence-electron chi connectivity index (χ2n) is 9.14. The number of carbonyl (C=O) groups excluding carboxylic acids is 1. The summed E-state index contributed by atoms with van der Waals surface area (Å²) >= 11 is 12.1. The molecule has 0 aliphatic carbocycles. The van der Waals surface area contributed by atoms with Gasteiger partial charge in [-0.3, -0.25) is 14.6 Å². The summed E-state index contributed by atoms with van der Waals surface area (Å²) in [6, 6.07) is 9.07. The van der Waals surface area contributed by atoms with E-state index in [2.05, 4.69) is 20.8 Å². The topological polar surface area (TPSA) is 83.1 Å². The van der Waals surface area contributed by atoms with E-state index >= 15 is 0 Å². The van der Waals surface area contributed by atoms with E-state index in [9.17, 15) is 13.2 Å². The maximum Gasteiger partial charge on any atom is 0.252 e. The van der Waals surface area contributed by atoms with Gasteiger partial charge < -0.3 is 4.74 Å². The smallest absolute Gasteiger partial charge is 0.252 e. The van der Waals surface area contributed by atoms with Crippen LogP contribution >= 0.6 is 50.2 Å². The van der Waals surface area contributed by atoms with Gasteiger partial charge in [-0.1, -0.05) is 38.9 Å². The molecular weight excluding hydrogens is 620 g/mol. The van der Waals surface area contributed by atoms with Crippen molar-refractivity contribution in [1.29, 1.82) is 0 Å². The van der Waals surface area contributed by atoms with Gasteiger partial charge in [0.05, 0.1) is 27.8 Å². The zero-order valence-corrected chi connectivity index (χ0v) is 24.9. The molecule has 1 aromatic carbocycles. The van der Waals surface area contributed by atoms with Gasteiger partial charge in [0.15, 0.2) is 5.13 Å². The van der Waals surface area contributed by atoms with E-state index in [0.717, 1.165) is 65.3 Å². The molecule has 0 saturated carbocycles. The first-order chi connectivity index (χ1) is 17.8. The van der Waals surface area contributed by atoms with Crippen molar-refractivity contribution in [2.24, 2.45) is 5.92 Å². The molecule has 2 aliphatic heterocycles. The van der Waals surface area contributed by atoms with Gasteiger partial charge in [0, 0.05) is 49.7 Å². The average molecular weight is 648 g/mol. The predicted octanol–water partition coefficient (Wildman–Crippen LogP) is 4.93. The van der Waals surface area contributed by atoms with Crippen LogP contribution in [0.4, 0.5) is 5.13 Å². The SMILES string of the molecule is O=C(C1CCN(S(=O)(=O)c2ccc(Cl)s2)CC1)N(CCCN1CCOCC1)c1nc2ccc(Br)cc2s1. The van der Waals surface area contributed by atoms with Crippen LogP contribution in [0.5, 0.6) is 0 Å². The predicted molar refractivity (Wildman–Crippen MR) is 152 cm³/mol. The number of piperidine rings is 1. The number of benzene rings is 1. The van der Waals surface area contributed by atoms with Crippen molar-refractivity contribution in [3.8, 4) is 0 Å². The van der Waals surface area contributed by atoms with E-state index in [1.807, 2.05) is 23.1 Å². The molecule has 200 valence electrons. The first kappa shape index (κ1) is 27.4. The lowest BCUT2D eigenvalue weighted by molar-refractivity contribution is -0.123. The Kier molecular flexibility index (Phi) is 8.87. The van der Waals surface area contributed by atoms with Crippen molar-refractivity contribution in [2.45, 2.75) is 23.5 Å². The van der Waals surface area contributed by atoms with E-state index in [1.54, 1.807) is 12.1 Å². The van der Waals surface area contributed by atoms with Crippen molar-refractivity contribution in [2.75, 3.05) is 57.4 Å². The number of ether oxygens (including phenoxy) is 1. The molecule has 0 radical (unpaired) electrons. The summed E-state index contributed by atoms with van der Waals surface area (Å²) in [5, 5.41) is 0.698. The summed E-state index contributed by atoms with van der Waals surface area (Å²) in [6.45, 7) is 5.39. The molecule has 2 fully saturated rings. The van der Waals surface area contributed by atoms with E-state index < -0.39 is 10.0 Å². The third kappa shape index (κ3) is 6.38. The van der Waals surface area contributed by atoms with Crippen LogP contribution in [0.3, 0.4) is 0 Å². The number of morpholine rings is 1. The highest BCUT2D eigenvalue weighted by atomic mass is 79.9. The number of thiazole rings is 1. The first-order valence-corrected chi connectivity index (χ1v) is 16.5. The third-order valence-electron chi connectivity index (χ3n) is 6.74. The summed E-state index contributed by atoms with van der Waals surface area (Å²) in [5.41, 5.74) is 0.865. The molecule has 4 heterocycles. The molecule has 0 N–H and O–H groups in total. The highest BCUT2D eigenvalue weighted by Crippen LogP contribution is 2.34. The highest BCUT2D eigenvalue weighted by molar-refractivity contribution is 9.10. The molecule has 0 bridgehead atoms. The number of rotatable bonds is 8. The largest absolute Gasteiger partial charge is 0.379 e. The van der Waals surface area contributed by atoms with Gasteiger partial charge in [0.1, 0.15) is 4.21 Å². The lowest BCUT2D eigenvalue weighted by Crippen LogP contribution is -2.45. The zero-order chi connectivity index (χ0) is 26.0. The minimum atomic E-state index is -3.60. The Bertz CT molecular complexity index is 1350. The summed E-state index contributed by atoms with van der Waals surface area (Å²) in [4.78, 5) is 22.8. The highest BCUT2D eigenvalue weighted by Gasteiger charge is 2.35. The van der Waals surface area contributed by atoms with Crippen LogP contribution in [-0.2, 0) is 19.6 Å². The van der Waals surface area contributed by atoms with E-state index in [1.165, 1.54) is 15.6 Å². The van der Waals surface area contributed by atoms with Gasteiger partial charge in [0.2, 0.25) is 5.91 Å². The Labute approximate surface area is 238 Å². The van der Waals surface area contributed by atoms with Crippen LogP contribution in [0.2, 0.25) is 4.34 Å². The third-order valence-corrected chi connectivity index (χ3v) is 11.9. The summed E-state index contributed by atoms with van der Waals surface area (Å²) in [6.07, 6.45) is 1.79. The Hall–Kier alpha value is -1.12. The van der Waals surface area contributed by atoms with Crippen molar-refractivity contribution < 1.29 is 17.9 Å². The Morgan fingerprint density at radius 2 is 1.89 bits per heavy atom. The molecule has 8 nitrogen and oxygen atoms in total. The number of fused-ring (bicyclic) bond motifs is 1. The van der Waals surface area contributed by atoms with Gasteiger partial charge in [-0.2, -0.15) is 4.31 Å². The molecule has 2 aliphatic rings. The normalized spacial score (nSPS) is 18.4. The van der Waals surface area contributed by atoms with Gasteiger partial charge >= 0.3 is 0 Å². The van der Waals surface area contributed by atoms with Crippen molar-refractivity contribution in [1.82, 2.24) is 14.2 Å². The van der Waals surface area contributed by atoms with E-state index in [-0.39, 0.29) is 16.0 Å². The van der Waals surface area contributed by atoms with Crippen LogP contribution < -0.4 is 4.90 Å². The van der Waals surface area contributed by atoms with Gasteiger partial charge in [-0.25, -0.2) is 13.4 Å². The number of aromatic nitrogens is 1. The summed E-state index contributed by atoms with van der Waals surface area (Å²) in [5.74, 6) is -0.225. The maximum absolute atomic E-state index is 13.8. The zero-order valence-electron chi connectivity index (χ0n) is 20.1. The average Bonchev–Trinajstić information content (AvgIpc) is 3.53. The lowest BCUT2D eigenvalue weighted by atomic mass is 9.96. The van der Waals surface area contributed by atoms with Gasteiger partial charge in [0.25, 0.3) is 10.0 Å². The fraction of sp³-hybridized carbons (Fsp3) is 0.500. The maximum atomic E-state index is 13.8. The van der Waals surface area contributed by atoms with Gasteiger partial charge in [-0.15, -0.1) is 11.3 Å². The first-order valence-electron chi connectivity index (χ1n) is 12.2. The van der Waals surface area contributed by atoms with Gasteiger partial charge in [-0.05, 0) is 49.6 Å². The van der Waals surface area contributed by atoms with E-state index in [4.69, 9.17) is 21.3 Å². The minimum Gasteiger partial charge on any atom is -0.379 e. The number of amides is 1. The minimum absolute atomic E-state index is 0.0244. The molecule has 13 heteroatoms. The molecule has 37 heavy (non-hydrogen) atoms. The van der Waals surface area contributed by atoms with Crippen LogP contribution in [0.1, 0.15) is 19.3 Å². The molecular formula is C24H28BrClN4O4S3. The van der Waals surface area contributed by atoms with Crippen LogP contribution in [0.15, 0.2) is 39.0 Å². The number of anilines is 1. The number of nitrogens with zero attached hydrogens (tertiary/aromatic N) is 4. The standard InChI is InChI=1S/C24H28BrClN4O4S3/c25-18-2-3-19-20(16-18)35-24(27-19)30(9-1-8-28-12-14-34-15-13-28)23(31)17-6-10-29(11-7-17)37(32,33)22-5-4-21(26)36-22/h2-5,16-17H,1,6-15H2. The summed E-state index contributed by atoms with van der Waals surface area (Å²) in [7, 11) is -3.60. The van der Waals surface area contributed by atoms with Crippen molar-refractivity contribution in [3.05, 3.63) is 39.1 Å².